The maximum absolute atomic E-state index is 8.96. The van der Waals surface area contributed by atoms with Crippen LogP contribution in [0, 0.1) is 5.92 Å². The maximum atomic E-state index is 8.96. The molecule has 1 N–H and O–H groups in total. The van der Waals surface area contributed by atoms with E-state index in [4.69, 9.17) is 9.52 Å². The molecule has 2 heterocycles. The van der Waals surface area contributed by atoms with Gasteiger partial charge in [0.15, 0.2) is 0 Å². The predicted molar refractivity (Wildman–Crippen MR) is 73.3 cm³/mol. The van der Waals surface area contributed by atoms with Crippen molar-refractivity contribution in [2.75, 3.05) is 19.7 Å². The highest BCUT2D eigenvalue weighted by Crippen LogP contribution is 2.22. The summed E-state index contributed by atoms with van der Waals surface area (Å²) in [6.07, 6.45) is 0. The van der Waals surface area contributed by atoms with Crippen molar-refractivity contribution in [3.63, 3.8) is 0 Å². The molecule has 0 saturated carbocycles. The second-order valence-electron chi connectivity index (χ2n) is 4.75. The van der Waals surface area contributed by atoms with Gasteiger partial charge < -0.3 is 9.52 Å². The summed E-state index contributed by atoms with van der Waals surface area (Å²) >= 11 is 3.39. The van der Waals surface area contributed by atoms with E-state index in [1.807, 2.05) is 24.3 Å². The minimum Gasteiger partial charge on any atom is -0.419 e. The molecule has 1 fully saturated rings. The van der Waals surface area contributed by atoms with Gasteiger partial charge in [-0.1, -0.05) is 15.9 Å². The van der Waals surface area contributed by atoms with Gasteiger partial charge in [0.1, 0.15) is 0 Å². The first-order valence-electron chi connectivity index (χ1n) is 6.16. The van der Waals surface area contributed by atoms with E-state index in [9.17, 15) is 0 Å². The summed E-state index contributed by atoms with van der Waals surface area (Å²) in [7, 11) is 0. The molecule has 19 heavy (non-hydrogen) atoms. The van der Waals surface area contributed by atoms with Crippen LogP contribution in [0.25, 0.3) is 11.5 Å². The molecule has 0 spiro atoms. The number of aromatic nitrogens is 2. The number of rotatable bonds is 4. The van der Waals surface area contributed by atoms with Crippen LogP contribution < -0.4 is 0 Å². The molecule has 1 aromatic carbocycles. The SMILES string of the molecule is OCC1CN(Cc2nnc(-c3ccc(Br)cc3)o2)C1. The van der Waals surface area contributed by atoms with Crippen molar-refractivity contribution >= 4 is 15.9 Å². The summed E-state index contributed by atoms with van der Waals surface area (Å²) < 4.78 is 6.66. The third-order valence-electron chi connectivity index (χ3n) is 3.21. The zero-order chi connectivity index (χ0) is 13.2. The lowest BCUT2D eigenvalue weighted by molar-refractivity contribution is 0.0417. The molecule has 0 radical (unpaired) electrons. The third kappa shape index (κ3) is 2.86. The third-order valence-corrected chi connectivity index (χ3v) is 3.74. The van der Waals surface area contributed by atoms with Crippen LogP contribution in [0.3, 0.4) is 0 Å². The van der Waals surface area contributed by atoms with Crippen LogP contribution in [0.15, 0.2) is 33.2 Å². The van der Waals surface area contributed by atoms with Gasteiger partial charge >= 0.3 is 0 Å². The first kappa shape index (κ1) is 12.8. The smallest absolute Gasteiger partial charge is 0.247 e. The van der Waals surface area contributed by atoms with E-state index in [0.717, 1.165) is 23.1 Å². The Morgan fingerprint density at radius 3 is 2.68 bits per heavy atom. The Hall–Kier alpha value is -1.24. The Morgan fingerprint density at radius 1 is 1.26 bits per heavy atom. The lowest BCUT2D eigenvalue weighted by Crippen LogP contribution is -2.47. The predicted octanol–water partition coefficient (Wildman–Crippen LogP) is 1.92. The number of aliphatic hydroxyl groups is 1. The van der Waals surface area contributed by atoms with E-state index < -0.39 is 0 Å². The van der Waals surface area contributed by atoms with Gasteiger partial charge in [0.25, 0.3) is 0 Å². The molecule has 6 heteroatoms. The minimum atomic E-state index is 0.254. The van der Waals surface area contributed by atoms with Crippen molar-refractivity contribution in [2.24, 2.45) is 5.92 Å². The summed E-state index contributed by atoms with van der Waals surface area (Å²) in [5.74, 6) is 1.56. The van der Waals surface area contributed by atoms with Crippen molar-refractivity contribution < 1.29 is 9.52 Å². The Balaban J connectivity index is 1.65. The van der Waals surface area contributed by atoms with Gasteiger partial charge in [0.2, 0.25) is 11.8 Å². The topological polar surface area (TPSA) is 62.4 Å². The van der Waals surface area contributed by atoms with E-state index in [1.165, 1.54) is 0 Å². The molecular formula is C13H14BrN3O2. The van der Waals surface area contributed by atoms with Crippen LogP contribution in [-0.4, -0.2) is 39.9 Å². The van der Waals surface area contributed by atoms with E-state index in [2.05, 4.69) is 31.0 Å². The molecule has 0 atom stereocenters. The molecule has 1 aromatic heterocycles. The molecule has 100 valence electrons. The number of hydrogen-bond acceptors (Lipinski definition) is 5. The Morgan fingerprint density at radius 2 is 2.00 bits per heavy atom. The standard InChI is InChI=1S/C13H14BrN3O2/c14-11-3-1-10(2-4-11)13-16-15-12(19-13)7-17-5-9(6-17)8-18/h1-4,9,18H,5-8H2. The molecule has 0 unspecified atom stereocenters. The van der Waals surface area contributed by atoms with E-state index in [-0.39, 0.29) is 6.61 Å². The van der Waals surface area contributed by atoms with E-state index in [0.29, 0.717) is 24.2 Å². The fourth-order valence-corrected chi connectivity index (χ4v) is 2.40. The van der Waals surface area contributed by atoms with Gasteiger partial charge in [0, 0.05) is 35.7 Å². The van der Waals surface area contributed by atoms with Crippen molar-refractivity contribution in [1.29, 1.82) is 0 Å². The van der Waals surface area contributed by atoms with Crippen molar-refractivity contribution in [2.45, 2.75) is 6.54 Å². The number of nitrogens with zero attached hydrogens (tertiary/aromatic N) is 3. The molecule has 0 amide bonds. The van der Waals surface area contributed by atoms with Gasteiger partial charge in [-0.25, -0.2) is 0 Å². The molecule has 5 nitrogen and oxygen atoms in total. The molecule has 1 aliphatic rings. The quantitative estimate of drug-likeness (QED) is 0.931. The average Bonchev–Trinajstić information content (AvgIpc) is 2.82. The monoisotopic (exact) mass is 323 g/mol. The largest absolute Gasteiger partial charge is 0.419 e. The molecule has 0 aliphatic carbocycles. The zero-order valence-corrected chi connectivity index (χ0v) is 11.9. The summed E-state index contributed by atoms with van der Waals surface area (Å²) in [6, 6.07) is 7.76. The van der Waals surface area contributed by atoms with Gasteiger partial charge in [-0.3, -0.25) is 4.90 Å². The van der Waals surface area contributed by atoms with Gasteiger partial charge in [-0.15, -0.1) is 10.2 Å². The summed E-state index contributed by atoms with van der Waals surface area (Å²) in [4.78, 5) is 2.18. The number of hydrogen-bond donors (Lipinski definition) is 1. The molecular weight excluding hydrogens is 310 g/mol. The molecule has 1 saturated heterocycles. The highest BCUT2D eigenvalue weighted by atomic mass is 79.9. The average molecular weight is 324 g/mol. The number of benzene rings is 1. The van der Waals surface area contributed by atoms with Crippen molar-refractivity contribution in [3.8, 4) is 11.5 Å². The fourth-order valence-electron chi connectivity index (χ4n) is 2.14. The number of halogens is 1. The summed E-state index contributed by atoms with van der Waals surface area (Å²) in [5.41, 5.74) is 0.916. The van der Waals surface area contributed by atoms with Crippen LogP contribution in [0.2, 0.25) is 0 Å². The Kier molecular flexibility index (Phi) is 3.63. The highest BCUT2D eigenvalue weighted by Gasteiger charge is 2.27. The fraction of sp³-hybridized carbons (Fsp3) is 0.385. The highest BCUT2D eigenvalue weighted by molar-refractivity contribution is 9.10. The van der Waals surface area contributed by atoms with E-state index >= 15 is 0 Å². The second kappa shape index (κ2) is 5.40. The number of likely N-dealkylation sites (tertiary alicyclic amines) is 1. The summed E-state index contributed by atoms with van der Waals surface area (Å²) in [6.45, 7) is 2.70. The molecule has 1 aliphatic heterocycles. The molecule has 3 rings (SSSR count). The van der Waals surface area contributed by atoms with Gasteiger partial charge in [-0.2, -0.15) is 0 Å². The maximum Gasteiger partial charge on any atom is 0.247 e. The van der Waals surface area contributed by atoms with Gasteiger partial charge in [-0.05, 0) is 24.3 Å². The van der Waals surface area contributed by atoms with Crippen LogP contribution in [-0.2, 0) is 6.54 Å². The van der Waals surface area contributed by atoms with E-state index in [1.54, 1.807) is 0 Å². The zero-order valence-electron chi connectivity index (χ0n) is 10.3. The first-order chi connectivity index (χ1) is 9.24. The molecule has 2 aromatic rings. The van der Waals surface area contributed by atoms with Crippen molar-refractivity contribution in [1.82, 2.24) is 15.1 Å². The lowest BCUT2D eigenvalue weighted by atomic mass is 10.0. The lowest BCUT2D eigenvalue weighted by Gasteiger charge is -2.37. The Bertz CT molecular complexity index is 549. The van der Waals surface area contributed by atoms with Gasteiger partial charge in [0.05, 0.1) is 6.54 Å². The van der Waals surface area contributed by atoms with Crippen LogP contribution >= 0.6 is 15.9 Å². The Labute approximate surface area is 119 Å². The van der Waals surface area contributed by atoms with Crippen molar-refractivity contribution in [3.05, 3.63) is 34.6 Å². The second-order valence-corrected chi connectivity index (χ2v) is 5.67. The molecule has 0 bridgehead atoms. The van der Waals surface area contributed by atoms with Crippen LogP contribution in [0.4, 0.5) is 0 Å². The number of aliphatic hydroxyl groups excluding tert-OH is 1. The summed E-state index contributed by atoms with van der Waals surface area (Å²) in [5, 5.41) is 17.1. The first-order valence-corrected chi connectivity index (χ1v) is 6.95. The van der Waals surface area contributed by atoms with Crippen LogP contribution in [0.5, 0.6) is 0 Å². The minimum absolute atomic E-state index is 0.254. The normalized spacial score (nSPS) is 16.5. The van der Waals surface area contributed by atoms with Crippen LogP contribution in [0.1, 0.15) is 5.89 Å².